The Morgan fingerprint density at radius 2 is 1.29 bits per heavy atom. The van der Waals surface area contributed by atoms with Crippen LogP contribution in [0.15, 0.2) is 0 Å². The average molecular weight is 364 g/mol. The third kappa shape index (κ3) is 5.10. The van der Waals surface area contributed by atoms with Gasteiger partial charge < -0.3 is 23.7 Å². The van der Waals surface area contributed by atoms with E-state index in [0.717, 1.165) is 32.7 Å². The van der Waals surface area contributed by atoms with Crippen molar-refractivity contribution in [2.75, 3.05) is 13.4 Å². The summed E-state index contributed by atoms with van der Waals surface area (Å²) in [7, 11) is 1.14. The SMILES string of the molecule is COC(=O)[C@@H]1O[C@H](SC)[C@H](OC(C)=O)[C@H](OC(C)=O)[C@@H]1OC(C)=O. The molecule has 136 valence electrons. The molecule has 0 radical (unpaired) electrons. The molecule has 9 nitrogen and oxygen atoms in total. The molecular weight excluding hydrogens is 344 g/mol. The molecule has 1 rings (SSSR count). The minimum absolute atomic E-state index is 0.641. The molecule has 0 aromatic rings. The Labute approximate surface area is 143 Å². The quantitative estimate of drug-likeness (QED) is 0.489. The van der Waals surface area contributed by atoms with Crippen molar-refractivity contribution in [1.29, 1.82) is 0 Å². The first-order valence-electron chi connectivity index (χ1n) is 6.99. The van der Waals surface area contributed by atoms with E-state index in [1.165, 1.54) is 6.92 Å². The van der Waals surface area contributed by atoms with Gasteiger partial charge in [0.15, 0.2) is 24.4 Å². The Morgan fingerprint density at radius 1 is 0.833 bits per heavy atom. The molecular formula is C14H20O9S. The van der Waals surface area contributed by atoms with Crippen molar-refractivity contribution in [3.05, 3.63) is 0 Å². The van der Waals surface area contributed by atoms with Gasteiger partial charge in [0, 0.05) is 20.8 Å². The van der Waals surface area contributed by atoms with Crippen LogP contribution in [0, 0.1) is 0 Å². The van der Waals surface area contributed by atoms with Crippen LogP contribution in [0.2, 0.25) is 0 Å². The summed E-state index contributed by atoms with van der Waals surface area (Å²) >= 11 is 1.14. The molecule has 0 spiro atoms. The van der Waals surface area contributed by atoms with Crippen LogP contribution in [0.5, 0.6) is 0 Å². The molecule has 10 heteroatoms. The largest absolute Gasteiger partial charge is 0.467 e. The van der Waals surface area contributed by atoms with E-state index in [0.29, 0.717) is 0 Å². The number of esters is 4. The normalized spacial score (nSPS) is 29.3. The standard InChI is InChI=1S/C14H20O9S/c1-6(15)20-9-10(21-7(2)16)12(22-8(3)17)14(24-5)23-11(9)13(18)19-4/h9-12,14H,1-5H3/t9-,10+,11+,12+,14+/m0/s1. The molecule has 5 atom stereocenters. The first-order valence-corrected chi connectivity index (χ1v) is 8.27. The van der Waals surface area contributed by atoms with Crippen molar-refractivity contribution >= 4 is 35.6 Å². The highest BCUT2D eigenvalue weighted by molar-refractivity contribution is 7.99. The van der Waals surface area contributed by atoms with Gasteiger partial charge in [-0.15, -0.1) is 11.8 Å². The summed E-state index contributed by atoms with van der Waals surface area (Å²) in [6.45, 7) is 3.45. The van der Waals surface area contributed by atoms with Gasteiger partial charge in [0.05, 0.1) is 7.11 Å². The van der Waals surface area contributed by atoms with Gasteiger partial charge in [0.25, 0.3) is 0 Å². The molecule has 0 aliphatic carbocycles. The van der Waals surface area contributed by atoms with E-state index in [1.807, 2.05) is 0 Å². The van der Waals surface area contributed by atoms with E-state index in [2.05, 4.69) is 4.74 Å². The molecule has 0 unspecified atom stereocenters. The molecule has 0 aromatic heterocycles. The molecule has 0 N–H and O–H groups in total. The maximum atomic E-state index is 12.0. The van der Waals surface area contributed by atoms with Gasteiger partial charge in [0.2, 0.25) is 0 Å². The van der Waals surface area contributed by atoms with Crippen molar-refractivity contribution in [3.8, 4) is 0 Å². The number of methoxy groups -OCH3 is 1. The molecule has 1 heterocycles. The fourth-order valence-corrected chi connectivity index (χ4v) is 2.98. The fraction of sp³-hybridized carbons (Fsp3) is 0.714. The van der Waals surface area contributed by atoms with Crippen LogP contribution < -0.4 is 0 Å². The maximum absolute atomic E-state index is 12.0. The highest BCUT2D eigenvalue weighted by atomic mass is 32.2. The summed E-state index contributed by atoms with van der Waals surface area (Å²) in [4.78, 5) is 46.2. The summed E-state index contributed by atoms with van der Waals surface area (Å²) in [6, 6.07) is 0. The van der Waals surface area contributed by atoms with Crippen molar-refractivity contribution in [2.24, 2.45) is 0 Å². The monoisotopic (exact) mass is 364 g/mol. The summed E-state index contributed by atoms with van der Waals surface area (Å²) in [5, 5.41) is 0. The molecule has 0 aromatic carbocycles. The van der Waals surface area contributed by atoms with E-state index in [4.69, 9.17) is 18.9 Å². The summed E-state index contributed by atoms with van der Waals surface area (Å²) in [5.41, 5.74) is -0.825. The van der Waals surface area contributed by atoms with Crippen LogP contribution in [0.1, 0.15) is 20.8 Å². The Morgan fingerprint density at radius 3 is 1.71 bits per heavy atom. The van der Waals surface area contributed by atoms with Gasteiger partial charge >= 0.3 is 23.9 Å². The van der Waals surface area contributed by atoms with Gasteiger partial charge in [0.1, 0.15) is 5.44 Å². The van der Waals surface area contributed by atoms with E-state index >= 15 is 0 Å². The van der Waals surface area contributed by atoms with Crippen LogP contribution in [0.4, 0.5) is 0 Å². The van der Waals surface area contributed by atoms with E-state index in [1.54, 1.807) is 6.26 Å². The molecule has 0 bridgehead atoms. The zero-order chi connectivity index (χ0) is 18.4. The van der Waals surface area contributed by atoms with Crippen LogP contribution in [-0.2, 0) is 42.9 Å². The summed E-state index contributed by atoms with van der Waals surface area (Å²) in [6.07, 6.45) is -3.26. The summed E-state index contributed by atoms with van der Waals surface area (Å²) in [5.74, 6) is -2.87. The first-order chi connectivity index (χ1) is 11.2. The number of thioether (sulfide) groups is 1. The zero-order valence-electron chi connectivity index (χ0n) is 14.0. The van der Waals surface area contributed by atoms with Gasteiger partial charge in [-0.1, -0.05) is 0 Å². The fourth-order valence-electron chi connectivity index (χ4n) is 2.27. The highest BCUT2D eigenvalue weighted by Gasteiger charge is 2.54. The van der Waals surface area contributed by atoms with Crippen molar-refractivity contribution in [3.63, 3.8) is 0 Å². The van der Waals surface area contributed by atoms with Crippen molar-refractivity contribution in [2.45, 2.75) is 50.6 Å². The first kappa shape index (κ1) is 20.2. The molecule has 1 aliphatic heterocycles. The molecule has 0 saturated carbocycles. The van der Waals surface area contributed by atoms with Gasteiger partial charge in [-0.05, 0) is 6.26 Å². The molecule has 1 saturated heterocycles. The van der Waals surface area contributed by atoms with Crippen molar-refractivity contribution in [1.82, 2.24) is 0 Å². The van der Waals surface area contributed by atoms with Gasteiger partial charge in [-0.2, -0.15) is 0 Å². The number of hydrogen-bond acceptors (Lipinski definition) is 10. The second-order valence-corrected chi connectivity index (χ2v) is 5.84. The predicted octanol–water partition coefficient (Wildman–Crippen LogP) is 0.0424. The van der Waals surface area contributed by atoms with Crippen LogP contribution in [-0.4, -0.2) is 67.1 Å². The lowest BCUT2D eigenvalue weighted by molar-refractivity contribution is -0.235. The molecule has 1 aliphatic rings. The third-order valence-corrected chi connectivity index (χ3v) is 3.91. The second kappa shape index (κ2) is 8.88. The van der Waals surface area contributed by atoms with Crippen LogP contribution in [0.25, 0.3) is 0 Å². The Kier molecular flexibility index (Phi) is 7.49. The van der Waals surface area contributed by atoms with Gasteiger partial charge in [-0.25, -0.2) is 4.79 Å². The van der Waals surface area contributed by atoms with E-state index < -0.39 is 53.7 Å². The Hall–Kier alpha value is -1.81. The maximum Gasteiger partial charge on any atom is 0.339 e. The highest BCUT2D eigenvalue weighted by Crippen LogP contribution is 2.33. The molecule has 24 heavy (non-hydrogen) atoms. The Bertz CT molecular complexity index is 506. The smallest absolute Gasteiger partial charge is 0.339 e. The number of rotatable bonds is 5. The van der Waals surface area contributed by atoms with Gasteiger partial charge in [-0.3, -0.25) is 14.4 Å². The number of carbonyl (C=O) groups excluding carboxylic acids is 4. The van der Waals surface area contributed by atoms with E-state index in [-0.39, 0.29) is 0 Å². The predicted molar refractivity (Wildman–Crippen MR) is 80.9 cm³/mol. The lowest BCUT2D eigenvalue weighted by Crippen LogP contribution is -2.62. The minimum atomic E-state index is -1.33. The average Bonchev–Trinajstić information content (AvgIpc) is 2.48. The lowest BCUT2D eigenvalue weighted by Gasteiger charge is -2.42. The number of carbonyl (C=O) groups is 4. The third-order valence-electron chi connectivity index (χ3n) is 3.07. The number of hydrogen-bond donors (Lipinski definition) is 0. The molecule has 1 fully saturated rings. The molecule has 0 amide bonds. The Balaban J connectivity index is 3.28. The van der Waals surface area contributed by atoms with Crippen LogP contribution >= 0.6 is 11.8 Å². The topological polar surface area (TPSA) is 114 Å². The number of ether oxygens (including phenoxy) is 5. The van der Waals surface area contributed by atoms with E-state index in [9.17, 15) is 19.2 Å². The zero-order valence-corrected chi connectivity index (χ0v) is 14.8. The second-order valence-electron chi connectivity index (χ2n) is 4.91. The summed E-state index contributed by atoms with van der Waals surface area (Å²) < 4.78 is 25.7. The minimum Gasteiger partial charge on any atom is -0.467 e. The van der Waals surface area contributed by atoms with Crippen molar-refractivity contribution < 1.29 is 42.9 Å². The van der Waals surface area contributed by atoms with Crippen LogP contribution in [0.3, 0.4) is 0 Å². The lowest BCUT2D eigenvalue weighted by atomic mass is 9.99.